The van der Waals surface area contributed by atoms with E-state index in [0.717, 1.165) is 5.56 Å². The number of nitrogens with one attached hydrogen (secondary N) is 1. The van der Waals surface area contributed by atoms with Crippen LogP contribution in [0.2, 0.25) is 0 Å². The molecule has 120 valence electrons. The summed E-state index contributed by atoms with van der Waals surface area (Å²) >= 11 is 0. The SMILES string of the molecule is COc1cc(C(=O)O[C@H](C)C(=O)NC(N)=O)cc(OC)c1C. The second-order valence-corrected chi connectivity index (χ2v) is 4.41. The first-order valence-corrected chi connectivity index (χ1v) is 6.34. The van der Waals surface area contributed by atoms with Crippen molar-refractivity contribution in [2.75, 3.05) is 14.2 Å². The van der Waals surface area contributed by atoms with Crippen molar-refractivity contribution in [3.8, 4) is 11.5 Å². The minimum absolute atomic E-state index is 0.151. The quantitative estimate of drug-likeness (QED) is 0.775. The number of carbonyl (C=O) groups is 3. The van der Waals surface area contributed by atoms with E-state index >= 15 is 0 Å². The zero-order valence-corrected chi connectivity index (χ0v) is 12.8. The van der Waals surface area contributed by atoms with E-state index in [1.165, 1.54) is 33.3 Å². The van der Waals surface area contributed by atoms with Crippen LogP contribution in [-0.4, -0.2) is 38.2 Å². The zero-order chi connectivity index (χ0) is 16.9. The molecule has 0 unspecified atom stereocenters. The van der Waals surface area contributed by atoms with Crippen molar-refractivity contribution in [2.24, 2.45) is 5.73 Å². The van der Waals surface area contributed by atoms with Crippen molar-refractivity contribution in [1.82, 2.24) is 5.32 Å². The van der Waals surface area contributed by atoms with Gasteiger partial charge in [0, 0.05) is 5.56 Å². The summed E-state index contributed by atoms with van der Waals surface area (Å²) in [6.45, 7) is 3.09. The van der Waals surface area contributed by atoms with Crippen LogP contribution in [0.5, 0.6) is 11.5 Å². The highest BCUT2D eigenvalue weighted by Gasteiger charge is 2.21. The monoisotopic (exact) mass is 310 g/mol. The van der Waals surface area contributed by atoms with Gasteiger partial charge in [-0.1, -0.05) is 0 Å². The maximum Gasteiger partial charge on any atom is 0.339 e. The van der Waals surface area contributed by atoms with Crippen LogP contribution < -0.4 is 20.5 Å². The molecule has 8 heteroatoms. The predicted octanol–water partition coefficient (Wildman–Crippen LogP) is 0.752. The van der Waals surface area contributed by atoms with Gasteiger partial charge in [-0.3, -0.25) is 10.1 Å². The fraction of sp³-hybridized carbons (Fsp3) is 0.357. The summed E-state index contributed by atoms with van der Waals surface area (Å²) in [7, 11) is 2.92. The number of methoxy groups -OCH3 is 2. The Morgan fingerprint density at radius 1 is 1.14 bits per heavy atom. The molecule has 3 N–H and O–H groups in total. The molecule has 0 aliphatic rings. The van der Waals surface area contributed by atoms with Gasteiger partial charge in [0.05, 0.1) is 19.8 Å². The van der Waals surface area contributed by atoms with Crippen molar-refractivity contribution in [3.63, 3.8) is 0 Å². The number of hydrogen-bond acceptors (Lipinski definition) is 6. The number of ether oxygens (including phenoxy) is 3. The smallest absolute Gasteiger partial charge is 0.339 e. The highest BCUT2D eigenvalue weighted by atomic mass is 16.5. The molecule has 0 aromatic heterocycles. The molecular formula is C14H18N2O6. The fourth-order valence-electron chi connectivity index (χ4n) is 1.71. The third-order valence-corrected chi connectivity index (χ3v) is 2.89. The Balaban J connectivity index is 2.94. The van der Waals surface area contributed by atoms with Crippen LogP contribution in [0, 0.1) is 6.92 Å². The number of esters is 1. The Bertz CT molecular complexity index is 574. The number of amides is 3. The van der Waals surface area contributed by atoms with Crippen molar-refractivity contribution in [2.45, 2.75) is 20.0 Å². The first-order chi connectivity index (χ1) is 10.3. The second kappa shape index (κ2) is 7.30. The van der Waals surface area contributed by atoms with Crippen LogP contribution in [0.25, 0.3) is 0 Å². The van der Waals surface area contributed by atoms with Crippen molar-refractivity contribution < 1.29 is 28.6 Å². The van der Waals surface area contributed by atoms with Crippen molar-refractivity contribution in [3.05, 3.63) is 23.3 Å². The minimum atomic E-state index is -1.18. The molecule has 3 amide bonds. The summed E-state index contributed by atoms with van der Waals surface area (Å²) in [5, 5.41) is 1.83. The lowest BCUT2D eigenvalue weighted by Crippen LogP contribution is -2.42. The molecule has 1 aromatic carbocycles. The summed E-state index contributed by atoms with van der Waals surface area (Å²) < 4.78 is 15.3. The van der Waals surface area contributed by atoms with Crippen molar-refractivity contribution >= 4 is 17.9 Å². The highest BCUT2D eigenvalue weighted by Crippen LogP contribution is 2.29. The average molecular weight is 310 g/mol. The lowest BCUT2D eigenvalue weighted by atomic mass is 10.1. The number of hydrogen-bond donors (Lipinski definition) is 2. The number of rotatable bonds is 5. The molecule has 1 rings (SSSR count). The summed E-state index contributed by atoms with van der Waals surface area (Å²) in [6, 6.07) is 1.92. The molecule has 0 bridgehead atoms. The van der Waals surface area contributed by atoms with Gasteiger partial charge in [-0.05, 0) is 26.0 Å². The molecule has 0 spiro atoms. The standard InChI is InChI=1S/C14H18N2O6/c1-7-10(20-3)5-9(6-11(7)21-4)13(18)22-8(2)12(17)16-14(15)19/h5-6,8H,1-4H3,(H3,15,16,17,19)/t8-/m1/s1. The molecule has 0 saturated heterocycles. The van der Waals surface area contributed by atoms with E-state index in [-0.39, 0.29) is 5.56 Å². The Morgan fingerprint density at radius 2 is 1.64 bits per heavy atom. The topological polar surface area (TPSA) is 117 Å². The maximum absolute atomic E-state index is 12.1. The van der Waals surface area contributed by atoms with Gasteiger partial charge in [0.15, 0.2) is 6.10 Å². The van der Waals surface area contributed by atoms with Crippen LogP contribution in [-0.2, 0) is 9.53 Å². The fourth-order valence-corrected chi connectivity index (χ4v) is 1.71. The Kier molecular flexibility index (Phi) is 5.73. The van der Waals surface area contributed by atoms with Crippen LogP contribution >= 0.6 is 0 Å². The molecule has 0 radical (unpaired) electrons. The molecule has 0 aliphatic heterocycles. The molecule has 0 heterocycles. The van der Waals surface area contributed by atoms with Gasteiger partial charge in [-0.2, -0.15) is 0 Å². The summed E-state index contributed by atoms with van der Waals surface area (Å²) in [6.07, 6.45) is -1.18. The third-order valence-electron chi connectivity index (χ3n) is 2.89. The predicted molar refractivity (Wildman–Crippen MR) is 76.9 cm³/mol. The van der Waals surface area contributed by atoms with Gasteiger partial charge in [0.25, 0.3) is 5.91 Å². The van der Waals surface area contributed by atoms with Crippen LogP contribution in [0.3, 0.4) is 0 Å². The lowest BCUT2D eigenvalue weighted by Gasteiger charge is -2.14. The maximum atomic E-state index is 12.1. The number of urea groups is 1. The van der Waals surface area contributed by atoms with E-state index in [1.54, 1.807) is 6.92 Å². The van der Waals surface area contributed by atoms with Gasteiger partial charge < -0.3 is 19.9 Å². The van der Waals surface area contributed by atoms with E-state index in [0.29, 0.717) is 11.5 Å². The normalized spacial score (nSPS) is 11.3. The van der Waals surface area contributed by atoms with Crippen LogP contribution in [0.4, 0.5) is 4.79 Å². The number of nitrogens with two attached hydrogens (primary N) is 1. The molecule has 8 nitrogen and oxygen atoms in total. The first-order valence-electron chi connectivity index (χ1n) is 6.34. The van der Waals surface area contributed by atoms with E-state index < -0.39 is 24.0 Å². The van der Waals surface area contributed by atoms with Crippen LogP contribution in [0.15, 0.2) is 12.1 Å². The van der Waals surface area contributed by atoms with E-state index in [1.807, 2.05) is 5.32 Å². The highest BCUT2D eigenvalue weighted by molar-refractivity contribution is 5.98. The van der Waals surface area contributed by atoms with Crippen molar-refractivity contribution in [1.29, 1.82) is 0 Å². The van der Waals surface area contributed by atoms with Gasteiger partial charge >= 0.3 is 12.0 Å². The van der Waals surface area contributed by atoms with Gasteiger partial charge in [-0.15, -0.1) is 0 Å². The van der Waals surface area contributed by atoms with Gasteiger partial charge in [0.2, 0.25) is 0 Å². The molecule has 0 aliphatic carbocycles. The molecular weight excluding hydrogens is 292 g/mol. The number of imide groups is 1. The second-order valence-electron chi connectivity index (χ2n) is 4.41. The largest absolute Gasteiger partial charge is 0.496 e. The minimum Gasteiger partial charge on any atom is -0.496 e. The van der Waals surface area contributed by atoms with E-state index in [2.05, 4.69) is 0 Å². The summed E-state index contributed by atoms with van der Waals surface area (Å²) in [5.74, 6) is -0.684. The molecule has 0 saturated carbocycles. The van der Waals surface area contributed by atoms with Gasteiger partial charge in [0.1, 0.15) is 11.5 Å². The Labute approximate surface area is 127 Å². The number of benzene rings is 1. The first kappa shape index (κ1) is 17.3. The number of primary amides is 1. The molecule has 1 atom stereocenters. The average Bonchev–Trinajstić information content (AvgIpc) is 2.46. The summed E-state index contributed by atoms with van der Waals surface area (Å²) in [4.78, 5) is 34.1. The lowest BCUT2D eigenvalue weighted by molar-refractivity contribution is -0.127. The van der Waals surface area contributed by atoms with Crippen LogP contribution in [0.1, 0.15) is 22.8 Å². The zero-order valence-electron chi connectivity index (χ0n) is 12.8. The Hall–Kier alpha value is -2.77. The Morgan fingerprint density at radius 3 is 2.05 bits per heavy atom. The molecule has 22 heavy (non-hydrogen) atoms. The molecule has 1 aromatic rings. The third kappa shape index (κ3) is 4.11. The van der Waals surface area contributed by atoms with E-state index in [9.17, 15) is 14.4 Å². The van der Waals surface area contributed by atoms with E-state index in [4.69, 9.17) is 19.9 Å². The molecule has 0 fully saturated rings. The summed E-state index contributed by atoms with van der Waals surface area (Å²) in [5.41, 5.74) is 5.70. The number of carbonyl (C=O) groups excluding carboxylic acids is 3. The van der Waals surface area contributed by atoms with Gasteiger partial charge in [-0.25, -0.2) is 9.59 Å².